The molecule has 0 heterocycles. The average Bonchev–Trinajstić information content (AvgIpc) is 2.36. The zero-order valence-electron chi connectivity index (χ0n) is 11.9. The maximum absolute atomic E-state index is 12.9. The van der Waals surface area contributed by atoms with E-state index in [4.69, 9.17) is 11.6 Å². The van der Waals surface area contributed by atoms with Gasteiger partial charge in [0.25, 0.3) is 0 Å². The summed E-state index contributed by atoms with van der Waals surface area (Å²) in [4.78, 5) is -0.387. The molecule has 0 amide bonds. The van der Waals surface area contributed by atoms with Gasteiger partial charge in [-0.3, -0.25) is 0 Å². The molecule has 0 aliphatic carbocycles. The van der Waals surface area contributed by atoms with Crippen molar-refractivity contribution in [3.8, 4) is 0 Å². The molecular formula is C13H17ClF3NO2S. The van der Waals surface area contributed by atoms with Crippen LogP contribution in [0.2, 0.25) is 0 Å². The number of alkyl halides is 4. The molecule has 3 nitrogen and oxygen atoms in total. The van der Waals surface area contributed by atoms with Crippen LogP contribution in [0.1, 0.15) is 31.4 Å². The molecule has 0 aliphatic heterocycles. The Hall–Kier alpha value is -0.790. The Labute approximate surface area is 127 Å². The van der Waals surface area contributed by atoms with E-state index in [0.717, 1.165) is 25.1 Å². The van der Waals surface area contributed by atoms with Gasteiger partial charge in [0.05, 0.1) is 10.5 Å². The van der Waals surface area contributed by atoms with Gasteiger partial charge in [-0.1, -0.05) is 13.0 Å². The topological polar surface area (TPSA) is 46.2 Å². The third kappa shape index (κ3) is 4.11. The Morgan fingerprint density at radius 2 is 1.86 bits per heavy atom. The van der Waals surface area contributed by atoms with E-state index >= 15 is 0 Å². The first-order valence-electron chi connectivity index (χ1n) is 6.23. The number of sulfonamides is 1. The van der Waals surface area contributed by atoms with Crippen LogP contribution >= 0.6 is 11.6 Å². The molecule has 0 fully saturated rings. The average molecular weight is 344 g/mol. The summed E-state index contributed by atoms with van der Waals surface area (Å²) in [5, 5.41) is 0. The van der Waals surface area contributed by atoms with Crippen molar-refractivity contribution in [3.05, 3.63) is 29.3 Å². The monoisotopic (exact) mass is 343 g/mol. The highest BCUT2D eigenvalue weighted by molar-refractivity contribution is 7.89. The minimum atomic E-state index is -4.60. The van der Waals surface area contributed by atoms with Gasteiger partial charge in [0, 0.05) is 11.4 Å². The minimum absolute atomic E-state index is 0.0146. The summed E-state index contributed by atoms with van der Waals surface area (Å²) >= 11 is 5.74. The summed E-state index contributed by atoms with van der Waals surface area (Å²) in [5.41, 5.74) is -2.21. The molecular weight excluding hydrogens is 327 g/mol. The summed E-state index contributed by atoms with van der Waals surface area (Å²) in [6, 6.07) is 3.08. The van der Waals surface area contributed by atoms with Crippen molar-refractivity contribution >= 4 is 21.6 Å². The van der Waals surface area contributed by atoms with Gasteiger partial charge in [0.2, 0.25) is 10.0 Å². The molecule has 0 aromatic heterocycles. The van der Waals surface area contributed by atoms with Crippen LogP contribution in [0.5, 0.6) is 0 Å². The molecule has 0 bridgehead atoms. The molecule has 21 heavy (non-hydrogen) atoms. The van der Waals surface area contributed by atoms with Crippen LogP contribution < -0.4 is 4.72 Å². The van der Waals surface area contributed by atoms with E-state index in [1.54, 1.807) is 13.8 Å². The van der Waals surface area contributed by atoms with Crippen LogP contribution in [0, 0.1) is 6.92 Å². The van der Waals surface area contributed by atoms with Crippen molar-refractivity contribution in [2.24, 2.45) is 0 Å². The van der Waals surface area contributed by atoms with Crippen molar-refractivity contribution in [1.82, 2.24) is 4.72 Å². The second-order valence-corrected chi connectivity index (χ2v) is 7.00. The highest BCUT2D eigenvalue weighted by Crippen LogP contribution is 2.34. The van der Waals surface area contributed by atoms with Gasteiger partial charge >= 0.3 is 6.18 Å². The van der Waals surface area contributed by atoms with Crippen LogP contribution in [0.4, 0.5) is 13.2 Å². The molecule has 0 saturated carbocycles. The quantitative estimate of drug-likeness (QED) is 0.829. The van der Waals surface area contributed by atoms with Gasteiger partial charge in [-0.05, 0) is 38.0 Å². The molecule has 0 spiro atoms. The van der Waals surface area contributed by atoms with Gasteiger partial charge in [0.15, 0.2) is 0 Å². The summed E-state index contributed by atoms with van der Waals surface area (Å²) in [6.07, 6.45) is -4.19. The van der Waals surface area contributed by atoms with Crippen molar-refractivity contribution in [2.45, 2.75) is 43.8 Å². The van der Waals surface area contributed by atoms with E-state index in [1.165, 1.54) is 0 Å². The molecule has 1 aromatic rings. The normalized spacial score (nSPS) is 15.8. The molecule has 0 radical (unpaired) electrons. The molecule has 1 N–H and O–H groups in total. The lowest BCUT2D eigenvalue weighted by molar-refractivity contribution is -0.138. The second kappa shape index (κ2) is 6.14. The molecule has 1 rings (SSSR count). The summed E-state index contributed by atoms with van der Waals surface area (Å²) in [5.74, 6) is 0.0146. The Kier molecular flexibility index (Phi) is 5.34. The number of benzene rings is 1. The van der Waals surface area contributed by atoms with Crippen LogP contribution in [0.25, 0.3) is 0 Å². The van der Waals surface area contributed by atoms with Crippen LogP contribution in [0.15, 0.2) is 23.1 Å². The minimum Gasteiger partial charge on any atom is -0.207 e. The van der Waals surface area contributed by atoms with E-state index in [2.05, 4.69) is 4.72 Å². The fourth-order valence-electron chi connectivity index (χ4n) is 1.79. The largest absolute Gasteiger partial charge is 0.416 e. The third-order valence-electron chi connectivity index (χ3n) is 3.34. The third-order valence-corrected chi connectivity index (χ3v) is 5.71. The van der Waals surface area contributed by atoms with Gasteiger partial charge < -0.3 is 0 Å². The van der Waals surface area contributed by atoms with Gasteiger partial charge in [-0.25, -0.2) is 13.1 Å². The molecule has 1 aromatic carbocycles. The Bertz CT molecular complexity index is 610. The predicted octanol–water partition coefficient (Wildman–Crippen LogP) is 3.70. The molecule has 0 aliphatic rings. The van der Waals surface area contributed by atoms with E-state index in [9.17, 15) is 21.6 Å². The summed E-state index contributed by atoms with van der Waals surface area (Å²) in [7, 11) is -4.09. The number of rotatable bonds is 5. The maximum Gasteiger partial charge on any atom is 0.416 e. The number of halogens is 4. The van der Waals surface area contributed by atoms with Gasteiger partial charge in [-0.2, -0.15) is 13.2 Å². The first kappa shape index (κ1) is 18.3. The maximum atomic E-state index is 12.9. The molecule has 120 valence electrons. The van der Waals surface area contributed by atoms with Crippen molar-refractivity contribution in [2.75, 3.05) is 5.88 Å². The lowest BCUT2D eigenvalue weighted by Gasteiger charge is -2.27. The summed E-state index contributed by atoms with van der Waals surface area (Å²) in [6.45, 7) is 4.48. The molecule has 1 atom stereocenters. The van der Waals surface area contributed by atoms with E-state index < -0.39 is 27.3 Å². The fourth-order valence-corrected chi connectivity index (χ4v) is 3.87. The summed E-state index contributed by atoms with van der Waals surface area (Å²) < 4.78 is 65.6. The smallest absolute Gasteiger partial charge is 0.207 e. The van der Waals surface area contributed by atoms with Crippen molar-refractivity contribution in [3.63, 3.8) is 0 Å². The van der Waals surface area contributed by atoms with Gasteiger partial charge in [0.1, 0.15) is 0 Å². The number of nitrogens with one attached hydrogen (secondary N) is 1. The van der Waals surface area contributed by atoms with E-state index in [0.29, 0.717) is 6.42 Å². The Morgan fingerprint density at radius 3 is 2.29 bits per heavy atom. The molecule has 8 heteroatoms. The zero-order valence-corrected chi connectivity index (χ0v) is 13.5. The first-order chi connectivity index (χ1) is 9.47. The van der Waals surface area contributed by atoms with Crippen LogP contribution in [0.3, 0.4) is 0 Å². The highest BCUT2D eigenvalue weighted by Gasteiger charge is 2.36. The van der Waals surface area contributed by atoms with E-state index in [-0.39, 0.29) is 16.3 Å². The molecule has 1 unspecified atom stereocenters. The van der Waals surface area contributed by atoms with Gasteiger partial charge in [-0.15, -0.1) is 11.6 Å². The number of hydrogen-bond donors (Lipinski definition) is 1. The second-order valence-electron chi connectivity index (χ2n) is 5.08. The lowest BCUT2D eigenvalue weighted by Crippen LogP contribution is -2.47. The van der Waals surface area contributed by atoms with Crippen molar-refractivity contribution < 1.29 is 21.6 Å². The van der Waals surface area contributed by atoms with Crippen LogP contribution in [-0.4, -0.2) is 19.8 Å². The van der Waals surface area contributed by atoms with Crippen molar-refractivity contribution in [1.29, 1.82) is 0 Å². The first-order valence-corrected chi connectivity index (χ1v) is 8.25. The highest BCUT2D eigenvalue weighted by atomic mass is 35.5. The van der Waals surface area contributed by atoms with E-state index in [1.807, 2.05) is 0 Å². The Balaban J connectivity index is 3.34. The fraction of sp³-hybridized carbons (Fsp3) is 0.538. The zero-order chi connectivity index (χ0) is 16.5. The lowest BCUT2D eigenvalue weighted by atomic mass is 10.0. The predicted molar refractivity (Wildman–Crippen MR) is 75.9 cm³/mol. The standard InChI is InChI=1S/C13H17ClF3NO2S/c1-4-12(3,8-14)18-21(19,20)11-7-5-6-10(9(11)2)13(15,16)17/h5-7,18H,4,8H2,1-3H3. The Morgan fingerprint density at radius 1 is 1.29 bits per heavy atom. The SMILES string of the molecule is CCC(C)(CCl)NS(=O)(=O)c1cccc(C(F)(F)F)c1C. The van der Waals surface area contributed by atoms with Crippen LogP contribution in [-0.2, 0) is 16.2 Å². The molecule has 0 saturated heterocycles. The number of hydrogen-bond acceptors (Lipinski definition) is 2.